The van der Waals surface area contributed by atoms with Crippen molar-refractivity contribution in [1.29, 1.82) is 0 Å². The van der Waals surface area contributed by atoms with Crippen molar-refractivity contribution >= 4 is 33.4 Å². The lowest BCUT2D eigenvalue weighted by Gasteiger charge is -2.21. The zero-order valence-corrected chi connectivity index (χ0v) is 12.4. The number of hydrogen-bond acceptors (Lipinski definition) is 1. The summed E-state index contributed by atoms with van der Waals surface area (Å²) in [5.74, 6) is 0.561. The molecule has 1 N–H and O–H groups in total. The first-order valence-electron chi connectivity index (χ1n) is 5.50. The summed E-state index contributed by atoms with van der Waals surface area (Å²) in [6.45, 7) is 4.65. The quantitative estimate of drug-likeness (QED) is 0.829. The summed E-state index contributed by atoms with van der Waals surface area (Å²) in [5, 5.41) is 2.90. The minimum atomic E-state index is -0.0610. The SMILES string of the molecule is CC(C)(CCl)CNC(=O)Cc1cccc(Br)c1. The van der Waals surface area contributed by atoms with Gasteiger partial charge in [0.1, 0.15) is 0 Å². The molecule has 0 spiro atoms. The Labute approximate surface area is 116 Å². The molecule has 2 nitrogen and oxygen atoms in total. The molecule has 0 aliphatic rings. The summed E-state index contributed by atoms with van der Waals surface area (Å²) >= 11 is 9.18. The predicted molar refractivity (Wildman–Crippen MR) is 75.4 cm³/mol. The van der Waals surface area contributed by atoms with E-state index < -0.39 is 0 Å². The molecule has 4 heteroatoms. The molecule has 0 aliphatic carbocycles. The predicted octanol–water partition coefficient (Wildman–Crippen LogP) is 3.37. The summed E-state index contributed by atoms with van der Waals surface area (Å²) in [6.07, 6.45) is 0.401. The van der Waals surface area contributed by atoms with Crippen molar-refractivity contribution in [2.75, 3.05) is 12.4 Å². The Morgan fingerprint density at radius 3 is 2.76 bits per heavy atom. The van der Waals surface area contributed by atoms with Crippen LogP contribution in [0.15, 0.2) is 28.7 Å². The summed E-state index contributed by atoms with van der Waals surface area (Å²) < 4.78 is 0.990. The molecule has 1 aromatic rings. The van der Waals surface area contributed by atoms with E-state index in [0.29, 0.717) is 18.8 Å². The number of alkyl halides is 1. The fraction of sp³-hybridized carbons (Fsp3) is 0.462. The second-order valence-corrected chi connectivity index (χ2v) is 6.06. The van der Waals surface area contributed by atoms with Crippen LogP contribution in [0.1, 0.15) is 19.4 Å². The van der Waals surface area contributed by atoms with Gasteiger partial charge in [-0.15, -0.1) is 11.6 Å². The van der Waals surface area contributed by atoms with Crippen molar-refractivity contribution in [3.63, 3.8) is 0 Å². The van der Waals surface area contributed by atoms with Gasteiger partial charge in [-0.25, -0.2) is 0 Å². The van der Waals surface area contributed by atoms with E-state index in [1.807, 2.05) is 38.1 Å². The number of rotatable bonds is 5. The lowest BCUT2D eigenvalue weighted by atomic mass is 9.96. The normalized spacial score (nSPS) is 11.3. The monoisotopic (exact) mass is 317 g/mol. The number of nitrogens with one attached hydrogen (secondary N) is 1. The van der Waals surface area contributed by atoms with E-state index in [2.05, 4.69) is 21.2 Å². The molecular formula is C13H17BrClNO. The Kier molecular flexibility index (Phi) is 5.47. The highest BCUT2D eigenvalue weighted by Crippen LogP contribution is 2.15. The molecule has 0 radical (unpaired) electrons. The second-order valence-electron chi connectivity index (χ2n) is 4.88. The van der Waals surface area contributed by atoms with Crippen LogP contribution in [0, 0.1) is 5.41 Å². The van der Waals surface area contributed by atoms with Crippen LogP contribution < -0.4 is 5.32 Å². The van der Waals surface area contributed by atoms with E-state index in [-0.39, 0.29) is 11.3 Å². The highest BCUT2D eigenvalue weighted by Gasteiger charge is 2.17. The number of hydrogen-bond donors (Lipinski definition) is 1. The number of carbonyl (C=O) groups excluding carboxylic acids is 1. The molecule has 0 bridgehead atoms. The highest BCUT2D eigenvalue weighted by atomic mass is 79.9. The van der Waals surface area contributed by atoms with E-state index in [1.165, 1.54) is 0 Å². The Morgan fingerprint density at radius 1 is 1.47 bits per heavy atom. The van der Waals surface area contributed by atoms with Crippen LogP contribution in [-0.4, -0.2) is 18.3 Å². The number of benzene rings is 1. The molecule has 0 saturated carbocycles. The van der Waals surface area contributed by atoms with Gasteiger partial charge in [0.2, 0.25) is 5.91 Å². The minimum absolute atomic E-state index is 0.0290. The molecule has 17 heavy (non-hydrogen) atoms. The second kappa shape index (κ2) is 6.41. The Hall–Kier alpha value is -0.540. The van der Waals surface area contributed by atoms with Gasteiger partial charge in [0.15, 0.2) is 0 Å². The molecule has 94 valence electrons. The molecule has 0 atom stereocenters. The van der Waals surface area contributed by atoms with Crippen molar-refractivity contribution in [1.82, 2.24) is 5.32 Å². The number of amides is 1. The summed E-state index contributed by atoms with van der Waals surface area (Å²) in [5.41, 5.74) is 0.939. The van der Waals surface area contributed by atoms with Crippen LogP contribution >= 0.6 is 27.5 Å². The topological polar surface area (TPSA) is 29.1 Å². The molecular weight excluding hydrogens is 302 g/mol. The zero-order chi connectivity index (χ0) is 12.9. The molecule has 0 saturated heterocycles. The van der Waals surface area contributed by atoms with Gasteiger partial charge >= 0.3 is 0 Å². The maximum absolute atomic E-state index is 11.7. The van der Waals surface area contributed by atoms with Crippen LogP contribution in [0.4, 0.5) is 0 Å². The van der Waals surface area contributed by atoms with Gasteiger partial charge in [-0.3, -0.25) is 4.79 Å². The number of carbonyl (C=O) groups is 1. The molecule has 0 aromatic heterocycles. The van der Waals surface area contributed by atoms with Crippen molar-refractivity contribution in [2.24, 2.45) is 5.41 Å². The van der Waals surface area contributed by atoms with E-state index in [9.17, 15) is 4.79 Å². The summed E-state index contributed by atoms with van der Waals surface area (Å²) in [4.78, 5) is 11.7. The Bertz CT molecular complexity index is 393. The third-order valence-corrected chi connectivity index (χ3v) is 3.60. The van der Waals surface area contributed by atoms with E-state index in [1.54, 1.807) is 0 Å². The largest absolute Gasteiger partial charge is 0.355 e. The molecule has 1 aromatic carbocycles. The fourth-order valence-corrected chi connectivity index (χ4v) is 1.82. The van der Waals surface area contributed by atoms with E-state index in [4.69, 9.17) is 11.6 Å². The molecule has 0 heterocycles. The molecule has 0 unspecified atom stereocenters. The number of halogens is 2. The first-order valence-corrected chi connectivity index (χ1v) is 6.83. The Balaban J connectivity index is 2.45. The molecule has 1 amide bonds. The summed E-state index contributed by atoms with van der Waals surface area (Å²) in [7, 11) is 0. The smallest absolute Gasteiger partial charge is 0.224 e. The molecule has 1 rings (SSSR count). The van der Waals surface area contributed by atoms with Gasteiger partial charge < -0.3 is 5.32 Å². The average molecular weight is 319 g/mol. The van der Waals surface area contributed by atoms with Gasteiger partial charge in [-0.05, 0) is 23.1 Å². The van der Waals surface area contributed by atoms with Crippen LogP contribution in [-0.2, 0) is 11.2 Å². The first-order chi connectivity index (χ1) is 7.93. The maximum Gasteiger partial charge on any atom is 0.224 e. The van der Waals surface area contributed by atoms with E-state index in [0.717, 1.165) is 10.0 Å². The van der Waals surface area contributed by atoms with Crippen molar-refractivity contribution in [3.05, 3.63) is 34.3 Å². The first kappa shape index (κ1) is 14.5. The fourth-order valence-electron chi connectivity index (χ4n) is 1.28. The molecule has 0 aliphatic heterocycles. The lowest BCUT2D eigenvalue weighted by Crippen LogP contribution is -2.35. The maximum atomic E-state index is 11.7. The van der Waals surface area contributed by atoms with Crippen LogP contribution in [0.25, 0.3) is 0 Å². The molecule has 0 fully saturated rings. The van der Waals surface area contributed by atoms with Gasteiger partial charge in [-0.2, -0.15) is 0 Å². The Morgan fingerprint density at radius 2 is 2.18 bits per heavy atom. The minimum Gasteiger partial charge on any atom is -0.355 e. The van der Waals surface area contributed by atoms with Gasteiger partial charge in [0.05, 0.1) is 6.42 Å². The van der Waals surface area contributed by atoms with Crippen molar-refractivity contribution in [3.8, 4) is 0 Å². The van der Waals surface area contributed by atoms with E-state index >= 15 is 0 Å². The zero-order valence-electron chi connectivity index (χ0n) is 10.1. The van der Waals surface area contributed by atoms with Crippen molar-refractivity contribution in [2.45, 2.75) is 20.3 Å². The standard InChI is InChI=1S/C13H17BrClNO/c1-13(2,8-15)9-16-12(17)7-10-4-3-5-11(14)6-10/h3-6H,7-9H2,1-2H3,(H,16,17). The van der Waals surface area contributed by atoms with Gasteiger partial charge in [0, 0.05) is 16.9 Å². The third-order valence-electron chi connectivity index (χ3n) is 2.38. The van der Waals surface area contributed by atoms with Crippen molar-refractivity contribution < 1.29 is 4.79 Å². The van der Waals surface area contributed by atoms with Gasteiger partial charge in [-0.1, -0.05) is 41.9 Å². The van der Waals surface area contributed by atoms with Crippen LogP contribution in [0.2, 0.25) is 0 Å². The van der Waals surface area contributed by atoms with Gasteiger partial charge in [0.25, 0.3) is 0 Å². The summed E-state index contributed by atoms with van der Waals surface area (Å²) in [6, 6.07) is 7.76. The lowest BCUT2D eigenvalue weighted by molar-refractivity contribution is -0.120. The van der Waals surface area contributed by atoms with Crippen LogP contribution in [0.5, 0.6) is 0 Å². The highest BCUT2D eigenvalue weighted by molar-refractivity contribution is 9.10. The van der Waals surface area contributed by atoms with Crippen LogP contribution in [0.3, 0.4) is 0 Å². The third kappa shape index (κ3) is 5.55. The average Bonchev–Trinajstić information content (AvgIpc) is 2.27.